The Hall–Kier alpha value is -1.10. The number of aliphatic hydroxyl groups is 1. The van der Waals surface area contributed by atoms with Gasteiger partial charge in [0.05, 0.1) is 6.61 Å². The van der Waals surface area contributed by atoms with Crippen LogP contribution in [0.4, 0.5) is 0 Å². The van der Waals surface area contributed by atoms with Crippen molar-refractivity contribution in [3.8, 4) is 0 Å². The second kappa shape index (κ2) is 3.81. The van der Waals surface area contributed by atoms with E-state index >= 15 is 0 Å². The average molecular weight is 212 g/mol. The summed E-state index contributed by atoms with van der Waals surface area (Å²) in [6.45, 7) is 0.652. The highest BCUT2D eigenvalue weighted by molar-refractivity contribution is 5.90. The van der Waals surface area contributed by atoms with Crippen LogP contribution in [0.5, 0.6) is 0 Å². The van der Waals surface area contributed by atoms with E-state index in [1.54, 1.807) is 0 Å². The van der Waals surface area contributed by atoms with Crippen molar-refractivity contribution in [1.29, 1.82) is 0 Å². The first-order valence-electron chi connectivity index (χ1n) is 5.33. The second-order valence-electron chi connectivity index (χ2n) is 4.53. The fraction of sp³-hybridized carbons (Fsp3) is 0.800. The highest BCUT2D eigenvalue weighted by Crippen LogP contribution is 2.44. The van der Waals surface area contributed by atoms with Crippen molar-refractivity contribution in [3.63, 3.8) is 0 Å². The molecular formula is C10H16N2O3. The van der Waals surface area contributed by atoms with Crippen LogP contribution < -0.4 is 10.6 Å². The van der Waals surface area contributed by atoms with E-state index in [9.17, 15) is 9.59 Å². The van der Waals surface area contributed by atoms with Crippen molar-refractivity contribution in [3.05, 3.63) is 0 Å². The van der Waals surface area contributed by atoms with Crippen LogP contribution in [0.25, 0.3) is 0 Å². The Morgan fingerprint density at radius 2 is 2.33 bits per heavy atom. The van der Waals surface area contributed by atoms with Crippen molar-refractivity contribution >= 4 is 11.8 Å². The van der Waals surface area contributed by atoms with Gasteiger partial charge in [-0.15, -0.1) is 0 Å². The highest BCUT2D eigenvalue weighted by Gasteiger charge is 2.42. The van der Waals surface area contributed by atoms with Gasteiger partial charge in [-0.1, -0.05) is 0 Å². The van der Waals surface area contributed by atoms with Crippen LogP contribution in [0.2, 0.25) is 0 Å². The summed E-state index contributed by atoms with van der Waals surface area (Å²) in [5, 5.41) is 14.5. The molecule has 1 saturated heterocycles. The Morgan fingerprint density at radius 3 is 2.80 bits per heavy atom. The molecule has 0 aromatic carbocycles. The molecule has 0 unspecified atom stereocenters. The number of rotatable bonds is 4. The number of hydrogen-bond donors (Lipinski definition) is 3. The van der Waals surface area contributed by atoms with Gasteiger partial charge in [-0.2, -0.15) is 0 Å². The van der Waals surface area contributed by atoms with Crippen molar-refractivity contribution in [2.75, 3.05) is 13.2 Å². The van der Waals surface area contributed by atoms with Gasteiger partial charge >= 0.3 is 0 Å². The van der Waals surface area contributed by atoms with Gasteiger partial charge in [-0.3, -0.25) is 9.59 Å². The Morgan fingerprint density at radius 1 is 1.60 bits per heavy atom. The fourth-order valence-corrected chi connectivity index (χ4v) is 1.78. The molecule has 2 amide bonds. The topological polar surface area (TPSA) is 78.4 Å². The summed E-state index contributed by atoms with van der Waals surface area (Å²) < 4.78 is 0. The second-order valence-corrected chi connectivity index (χ2v) is 4.53. The molecule has 0 aromatic rings. The molecule has 5 nitrogen and oxygen atoms in total. The van der Waals surface area contributed by atoms with Crippen LogP contribution in [-0.4, -0.2) is 36.1 Å². The molecule has 84 valence electrons. The third-order valence-electron chi connectivity index (χ3n) is 3.24. The first kappa shape index (κ1) is 10.4. The lowest BCUT2D eigenvalue weighted by Crippen LogP contribution is -2.44. The minimum atomic E-state index is -0.369. The molecular weight excluding hydrogens is 196 g/mol. The lowest BCUT2D eigenvalue weighted by Gasteiger charge is -2.15. The highest BCUT2D eigenvalue weighted by atomic mass is 16.3. The number of amides is 2. The van der Waals surface area contributed by atoms with Gasteiger partial charge in [0.15, 0.2) is 0 Å². The molecule has 1 atom stereocenters. The third kappa shape index (κ3) is 2.28. The number of hydrogen-bond acceptors (Lipinski definition) is 3. The Labute approximate surface area is 88.2 Å². The molecule has 2 fully saturated rings. The zero-order chi connectivity index (χ0) is 10.9. The van der Waals surface area contributed by atoms with E-state index in [-0.39, 0.29) is 29.9 Å². The summed E-state index contributed by atoms with van der Waals surface area (Å²) >= 11 is 0. The summed E-state index contributed by atoms with van der Waals surface area (Å²) in [5.74, 6) is -0.181. The van der Waals surface area contributed by atoms with Crippen LogP contribution in [0.15, 0.2) is 0 Å². The lowest BCUT2D eigenvalue weighted by molar-refractivity contribution is -0.126. The lowest BCUT2D eigenvalue weighted by atomic mass is 10.1. The maximum Gasteiger partial charge on any atom is 0.242 e. The van der Waals surface area contributed by atoms with Crippen LogP contribution in [0.3, 0.4) is 0 Å². The Bertz CT molecular complexity index is 286. The van der Waals surface area contributed by atoms with Crippen molar-refractivity contribution in [1.82, 2.24) is 10.6 Å². The number of carbonyl (C=O) groups is 2. The monoisotopic (exact) mass is 212 g/mol. The van der Waals surface area contributed by atoms with Crippen molar-refractivity contribution < 1.29 is 14.7 Å². The Balaban J connectivity index is 1.75. The predicted molar refractivity (Wildman–Crippen MR) is 52.9 cm³/mol. The van der Waals surface area contributed by atoms with Gasteiger partial charge in [0.1, 0.15) is 6.04 Å². The van der Waals surface area contributed by atoms with E-state index in [1.807, 2.05) is 0 Å². The smallest absolute Gasteiger partial charge is 0.242 e. The number of carbonyl (C=O) groups excluding carboxylic acids is 2. The van der Waals surface area contributed by atoms with Gasteiger partial charge in [-0.25, -0.2) is 0 Å². The van der Waals surface area contributed by atoms with Gasteiger partial charge in [0, 0.05) is 18.4 Å². The molecule has 2 aliphatic rings. The summed E-state index contributed by atoms with van der Waals surface area (Å²) in [6, 6.07) is -0.369. The molecule has 1 saturated carbocycles. The summed E-state index contributed by atoms with van der Waals surface area (Å²) in [7, 11) is 0. The average Bonchev–Trinajstić information content (AvgIpc) is 2.90. The minimum Gasteiger partial charge on any atom is -0.396 e. The number of aliphatic hydroxyl groups excluding tert-OH is 1. The van der Waals surface area contributed by atoms with E-state index in [1.165, 1.54) is 0 Å². The van der Waals surface area contributed by atoms with E-state index in [0.29, 0.717) is 19.4 Å². The van der Waals surface area contributed by atoms with Gasteiger partial charge in [-0.05, 0) is 19.3 Å². The van der Waals surface area contributed by atoms with Crippen molar-refractivity contribution in [2.45, 2.75) is 31.7 Å². The molecule has 1 aliphatic heterocycles. The SMILES string of the molecule is O=C1CC[C@H](C(=O)NCC2(CO)CC2)N1. The zero-order valence-electron chi connectivity index (χ0n) is 8.58. The van der Waals surface area contributed by atoms with E-state index in [4.69, 9.17) is 5.11 Å². The summed E-state index contributed by atoms with van der Waals surface area (Å²) in [5.41, 5.74) is -0.0712. The Kier molecular flexibility index (Phi) is 2.65. The van der Waals surface area contributed by atoms with Gasteiger partial charge < -0.3 is 15.7 Å². The quantitative estimate of drug-likeness (QED) is 0.568. The van der Waals surface area contributed by atoms with Gasteiger partial charge in [0.2, 0.25) is 11.8 Å². The fourth-order valence-electron chi connectivity index (χ4n) is 1.78. The van der Waals surface area contributed by atoms with Crippen molar-refractivity contribution in [2.24, 2.45) is 5.41 Å². The largest absolute Gasteiger partial charge is 0.396 e. The third-order valence-corrected chi connectivity index (χ3v) is 3.24. The molecule has 5 heteroatoms. The van der Waals surface area contributed by atoms with E-state index in [0.717, 1.165) is 12.8 Å². The predicted octanol–water partition coefficient (Wildman–Crippen LogP) is -0.846. The molecule has 0 spiro atoms. The van der Waals surface area contributed by atoms with Gasteiger partial charge in [0.25, 0.3) is 0 Å². The molecule has 0 radical (unpaired) electrons. The van der Waals surface area contributed by atoms with E-state index in [2.05, 4.69) is 10.6 Å². The molecule has 1 aliphatic carbocycles. The summed E-state index contributed by atoms with van der Waals surface area (Å²) in [6.07, 6.45) is 2.96. The normalized spacial score (nSPS) is 27.3. The maximum absolute atomic E-state index is 11.6. The van der Waals surface area contributed by atoms with E-state index < -0.39 is 0 Å². The minimum absolute atomic E-state index is 0.0570. The standard InChI is InChI=1S/C10H16N2O3/c13-6-10(3-4-10)5-11-9(15)7-1-2-8(14)12-7/h7,13H,1-6H2,(H,11,15)(H,12,14)/t7-/m1/s1. The number of nitrogens with one attached hydrogen (secondary N) is 2. The maximum atomic E-state index is 11.6. The van der Waals surface area contributed by atoms with Crippen LogP contribution in [0, 0.1) is 5.41 Å². The molecule has 2 rings (SSSR count). The first-order valence-corrected chi connectivity index (χ1v) is 5.33. The van der Waals surface area contributed by atoms with Crippen LogP contribution in [0.1, 0.15) is 25.7 Å². The summed E-state index contributed by atoms with van der Waals surface area (Å²) in [4.78, 5) is 22.5. The molecule has 1 heterocycles. The molecule has 0 aromatic heterocycles. The van der Waals surface area contributed by atoms with Crippen LogP contribution in [-0.2, 0) is 9.59 Å². The zero-order valence-corrected chi connectivity index (χ0v) is 8.58. The molecule has 15 heavy (non-hydrogen) atoms. The van der Waals surface area contributed by atoms with Crippen LogP contribution >= 0.6 is 0 Å². The molecule has 0 bridgehead atoms. The molecule has 3 N–H and O–H groups in total. The first-order chi connectivity index (χ1) is 7.15.